The number of hydrogen-bond acceptors (Lipinski definition) is 4. The summed E-state index contributed by atoms with van der Waals surface area (Å²) in [6.45, 7) is 1.87. The molecule has 0 saturated carbocycles. The number of likely N-dealkylation sites (N-methyl/N-ethyl adjacent to an activating group) is 1. The van der Waals surface area contributed by atoms with Crippen molar-refractivity contribution in [3.05, 3.63) is 60.2 Å². The maximum absolute atomic E-state index is 12.5. The third-order valence-corrected chi connectivity index (χ3v) is 5.28. The van der Waals surface area contributed by atoms with Crippen LogP contribution in [0.25, 0.3) is 0 Å². The highest BCUT2D eigenvalue weighted by molar-refractivity contribution is 7.89. The summed E-state index contributed by atoms with van der Waals surface area (Å²) in [5.41, 5.74) is 7.21. The molecular weight excluding hydrogens is 310 g/mol. The zero-order valence-corrected chi connectivity index (χ0v) is 14.4. The van der Waals surface area contributed by atoms with Gasteiger partial charge in [-0.1, -0.05) is 30.3 Å². The molecule has 2 atom stereocenters. The first kappa shape index (κ1) is 17.5. The Morgan fingerprint density at radius 3 is 2.09 bits per heavy atom. The topological polar surface area (TPSA) is 75.4 Å². The molecule has 0 aromatic heterocycles. The molecule has 2 aromatic carbocycles. The second-order valence-corrected chi connectivity index (χ2v) is 7.51. The molecule has 0 saturated heterocycles. The van der Waals surface area contributed by atoms with Crippen LogP contribution >= 0.6 is 0 Å². The number of benzene rings is 2. The van der Waals surface area contributed by atoms with E-state index in [2.05, 4.69) is 4.72 Å². The summed E-state index contributed by atoms with van der Waals surface area (Å²) in [6.07, 6.45) is 0. The minimum atomic E-state index is -3.60. The van der Waals surface area contributed by atoms with Crippen molar-refractivity contribution in [2.45, 2.75) is 23.9 Å². The SMILES string of the molecule is C[C@H](NS(=O)(=O)c1ccc(N)cc1)[C@@H](c1ccccc1)N(C)C. The van der Waals surface area contributed by atoms with E-state index in [0.717, 1.165) is 5.56 Å². The Hall–Kier alpha value is -1.89. The highest BCUT2D eigenvalue weighted by Gasteiger charge is 2.26. The van der Waals surface area contributed by atoms with Gasteiger partial charge in [-0.15, -0.1) is 0 Å². The molecule has 0 spiro atoms. The Bertz CT molecular complexity index is 728. The van der Waals surface area contributed by atoms with E-state index in [9.17, 15) is 8.42 Å². The molecule has 0 aliphatic heterocycles. The van der Waals surface area contributed by atoms with Crippen LogP contribution in [0.2, 0.25) is 0 Å². The molecule has 0 unspecified atom stereocenters. The van der Waals surface area contributed by atoms with Crippen LogP contribution in [0.15, 0.2) is 59.5 Å². The smallest absolute Gasteiger partial charge is 0.240 e. The molecule has 0 aliphatic rings. The van der Waals surface area contributed by atoms with Crippen LogP contribution in [0.3, 0.4) is 0 Å². The summed E-state index contributed by atoms with van der Waals surface area (Å²) < 4.78 is 27.8. The molecule has 6 heteroatoms. The van der Waals surface area contributed by atoms with Crippen molar-refractivity contribution >= 4 is 15.7 Å². The Labute approximate surface area is 138 Å². The van der Waals surface area contributed by atoms with Gasteiger partial charge in [0.15, 0.2) is 0 Å². The summed E-state index contributed by atoms with van der Waals surface area (Å²) in [5.74, 6) is 0. The third kappa shape index (κ3) is 4.31. The molecule has 3 N–H and O–H groups in total. The summed E-state index contributed by atoms with van der Waals surface area (Å²) in [7, 11) is 0.277. The van der Waals surface area contributed by atoms with Gasteiger partial charge < -0.3 is 10.6 Å². The van der Waals surface area contributed by atoms with Gasteiger partial charge >= 0.3 is 0 Å². The van der Waals surface area contributed by atoms with Crippen LogP contribution in [0.1, 0.15) is 18.5 Å². The molecule has 124 valence electrons. The van der Waals surface area contributed by atoms with E-state index in [-0.39, 0.29) is 17.0 Å². The molecule has 0 fully saturated rings. The van der Waals surface area contributed by atoms with Gasteiger partial charge in [-0.05, 0) is 50.8 Å². The van der Waals surface area contributed by atoms with Crippen molar-refractivity contribution < 1.29 is 8.42 Å². The first-order chi connectivity index (χ1) is 10.8. The summed E-state index contributed by atoms with van der Waals surface area (Å²) in [6, 6.07) is 15.7. The van der Waals surface area contributed by atoms with Crippen LogP contribution in [0.4, 0.5) is 5.69 Å². The molecule has 2 aromatic rings. The average Bonchev–Trinajstić information content (AvgIpc) is 2.48. The predicted octanol–water partition coefficient (Wildman–Crippen LogP) is 2.24. The van der Waals surface area contributed by atoms with Crippen molar-refractivity contribution in [1.29, 1.82) is 0 Å². The van der Waals surface area contributed by atoms with Crippen LogP contribution < -0.4 is 10.5 Å². The quantitative estimate of drug-likeness (QED) is 0.795. The molecule has 0 amide bonds. The first-order valence-corrected chi connectivity index (χ1v) is 8.89. The summed E-state index contributed by atoms with van der Waals surface area (Å²) in [4.78, 5) is 2.22. The number of nitrogens with two attached hydrogens (primary N) is 1. The minimum Gasteiger partial charge on any atom is -0.399 e. The Morgan fingerprint density at radius 2 is 1.57 bits per heavy atom. The summed E-state index contributed by atoms with van der Waals surface area (Å²) >= 11 is 0. The molecule has 2 rings (SSSR count). The first-order valence-electron chi connectivity index (χ1n) is 7.40. The van der Waals surface area contributed by atoms with Crippen LogP contribution in [-0.2, 0) is 10.0 Å². The van der Waals surface area contributed by atoms with E-state index in [4.69, 9.17) is 5.73 Å². The fraction of sp³-hybridized carbons (Fsp3) is 0.294. The van der Waals surface area contributed by atoms with Gasteiger partial charge in [0.05, 0.1) is 10.9 Å². The number of nitrogens with zero attached hydrogens (tertiary/aromatic N) is 1. The predicted molar refractivity (Wildman–Crippen MR) is 93.5 cm³/mol. The average molecular weight is 333 g/mol. The van der Waals surface area contributed by atoms with Gasteiger partial charge in [0.25, 0.3) is 0 Å². The Morgan fingerprint density at radius 1 is 1.00 bits per heavy atom. The minimum absolute atomic E-state index is 0.0697. The van der Waals surface area contributed by atoms with E-state index in [1.165, 1.54) is 12.1 Å². The number of nitrogen functional groups attached to an aromatic ring is 1. The largest absolute Gasteiger partial charge is 0.399 e. The van der Waals surface area contributed by atoms with Crippen molar-refractivity contribution in [2.75, 3.05) is 19.8 Å². The fourth-order valence-corrected chi connectivity index (χ4v) is 3.96. The van der Waals surface area contributed by atoms with E-state index in [1.807, 2.05) is 56.3 Å². The number of rotatable bonds is 6. The van der Waals surface area contributed by atoms with Crippen LogP contribution in [0, 0.1) is 0 Å². The molecular formula is C17H23N3O2S. The van der Waals surface area contributed by atoms with E-state index in [0.29, 0.717) is 5.69 Å². The fourth-order valence-electron chi connectivity index (χ4n) is 2.71. The Kier molecular flexibility index (Phi) is 5.41. The lowest BCUT2D eigenvalue weighted by molar-refractivity contribution is 0.256. The molecule has 23 heavy (non-hydrogen) atoms. The number of anilines is 1. The molecule has 0 aliphatic carbocycles. The van der Waals surface area contributed by atoms with Gasteiger partial charge in [0.2, 0.25) is 10.0 Å². The van der Waals surface area contributed by atoms with Crippen LogP contribution in [0.5, 0.6) is 0 Å². The summed E-state index contributed by atoms with van der Waals surface area (Å²) in [5, 5.41) is 0. The molecule has 5 nitrogen and oxygen atoms in total. The molecule has 0 heterocycles. The normalized spacial score (nSPS) is 14.6. The third-order valence-electron chi connectivity index (χ3n) is 3.70. The molecule has 0 radical (unpaired) electrons. The van der Waals surface area contributed by atoms with Gasteiger partial charge in [0.1, 0.15) is 0 Å². The van der Waals surface area contributed by atoms with Crippen molar-refractivity contribution in [3.8, 4) is 0 Å². The van der Waals surface area contributed by atoms with Gasteiger partial charge in [-0.3, -0.25) is 0 Å². The van der Waals surface area contributed by atoms with E-state index >= 15 is 0 Å². The van der Waals surface area contributed by atoms with E-state index in [1.54, 1.807) is 12.1 Å². The zero-order chi connectivity index (χ0) is 17.0. The lowest BCUT2D eigenvalue weighted by Crippen LogP contribution is -2.42. The van der Waals surface area contributed by atoms with Gasteiger partial charge in [-0.2, -0.15) is 0 Å². The lowest BCUT2D eigenvalue weighted by Gasteiger charge is -2.31. The highest BCUT2D eigenvalue weighted by atomic mass is 32.2. The monoisotopic (exact) mass is 333 g/mol. The van der Waals surface area contributed by atoms with Crippen molar-refractivity contribution in [2.24, 2.45) is 0 Å². The van der Waals surface area contributed by atoms with Gasteiger partial charge in [0, 0.05) is 11.7 Å². The standard InChI is InChI=1S/C17H23N3O2S/c1-13(17(20(2)3)14-7-5-4-6-8-14)19-23(21,22)16-11-9-15(18)10-12-16/h4-13,17,19H,18H2,1-3H3/t13-,17-/m0/s1. The second kappa shape index (κ2) is 7.12. The Balaban J connectivity index is 2.24. The van der Waals surface area contributed by atoms with Crippen LogP contribution in [-0.4, -0.2) is 33.5 Å². The van der Waals surface area contributed by atoms with E-state index < -0.39 is 10.0 Å². The number of sulfonamides is 1. The number of hydrogen-bond donors (Lipinski definition) is 2. The highest BCUT2D eigenvalue weighted by Crippen LogP contribution is 2.23. The van der Waals surface area contributed by atoms with Crippen molar-refractivity contribution in [1.82, 2.24) is 9.62 Å². The van der Waals surface area contributed by atoms with Gasteiger partial charge in [-0.25, -0.2) is 13.1 Å². The second-order valence-electron chi connectivity index (χ2n) is 5.80. The zero-order valence-electron chi connectivity index (χ0n) is 13.6. The maximum atomic E-state index is 12.5. The van der Waals surface area contributed by atoms with Crippen molar-refractivity contribution in [3.63, 3.8) is 0 Å². The number of nitrogens with one attached hydrogen (secondary N) is 1. The molecule has 0 bridgehead atoms. The maximum Gasteiger partial charge on any atom is 0.240 e. The lowest BCUT2D eigenvalue weighted by atomic mass is 10.0.